The van der Waals surface area contributed by atoms with E-state index >= 15 is 0 Å². The van der Waals surface area contributed by atoms with Crippen molar-refractivity contribution < 1.29 is 85.1 Å². The first-order chi connectivity index (χ1) is 12.6. The molecule has 0 atom stereocenters. The van der Waals surface area contributed by atoms with Crippen LogP contribution in [0.25, 0.3) is 10.8 Å². The van der Waals surface area contributed by atoms with Crippen LogP contribution in [-0.2, 0) is 26.7 Å². The molecule has 10 heteroatoms. The second kappa shape index (κ2) is 13.2. The Hall–Kier alpha value is 0.520. The topological polar surface area (TPSA) is 114 Å². The normalized spacial score (nSPS) is 11.7. The second-order valence-corrected chi connectivity index (χ2v) is 9.42. The van der Waals surface area contributed by atoms with Gasteiger partial charge in [-0.2, -0.15) is 0 Å². The summed E-state index contributed by atoms with van der Waals surface area (Å²) < 4.78 is 69.5. The van der Waals surface area contributed by atoms with Crippen LogP contribution in [0, 0.1) is 0 Å². The van der Waals surface area contributed by atoms with Crippen LogP contribution in [-0.4, -0.2) is 25.9 Å². The van der Waals surface area contributed by atoms with Crippen molar-refractivity contribution in [2.45, 2.75) is 68.1 Å². The van der Waals surface area contributed by atoms with Gasteiger partial charge in [0.15, 0.2) is 0 Å². The van der Waals surface area contributed by atoms with Gasteiger partial charge in [-0.05, 0) is 36.6 Å². The van der Waals surface area contributed by atoms with Crippen LogP contribution in [0.3, 0.4) is 0 Å². The van der Waals surface area contributed by atoms with Crippen LogP contribution >= 0.6 is 0 Å². The van der Waals surface area contributed by atoms with E-state index in [2.05, 4.69) is 6.92 Å². The monoisotopic (exact) mass is 458 g/mol. The van der Waals surface area contributed by atoms with Crippen molar-refractivity contribution in [3.63, 3.8) is 0 Å². The van der Waals surface area contributed by atoms with Gasteiger partial charge in [-0.3, -0.25) is 0 Å². The van der Waals surface area contributed by atoms with E-state index in [0.29, 0.717) is 12.0 Å². The van der Waals surface area contributed by atoms with Crippen molar-refractivity contribution in [2.75, 3.05) is 0 Å². The van der Waals surface area contributed by atoms with Gasteiger partial charge in [0.2, 0.25) is 0 Å². The minimum Gasteiger partial charge on any atom is -0.744 e. The molecule has 0 bridgehead atoms. The maximum Gasteiger partial charge on any atom is 1.00 e. The average Bonchev–Trinajstić information content (AvgIpc) is 2.58. The van der Waals surface area contributed by atoms with E-state index in [4.69, 9.17) is 0 Å². The number of rotatable bonds is 10. The first kappa shape index (κ1) is 29.5. The van der Waals surface area contributed by atoms with Crippen molar-refractivity contribution in [1.29, 1.82) is 0 Å². The van der Waals surface area contributed by atoms with Crippen LogP contribution in [0.15, 0.2) is 40.1 Å². The summed E-state index contributed by atoms with van der Waals surface area (Å²) in [4.78, 5) is -0.991. The molecule has 0 aliphatic rings. The van der Waals surface area contributed by atoms with Crippen LogP contribution in [0.2, 0.25) is 0 Å². The standard InChI is InChI=1S/C19H26O6S2.2Na/c1-2-3-4-5-6-7-8-10-15-13-17-16(19(14-15)27(23,24)25)11-9-12-18(17)26(20,21)22;;/h9,11-14H,2-8,10H2,1H3,(H,20,21,22)(H,23,24,25);;/q;2*+1/p-2. The van der Waals surface area contributed by atoms with Gasteiger partial charge >= 0.3 is 59.1 Å². The van der Waals surface area contributed by atoms with Crippen LogP contribution in [0.1, 0.15) is 57.4 Å². The molecule has 0 radical (unpaired) electrons. The van der Waals surface area contributed by atoms with E-state index in [0.717, 1.165) is 31.7 Å². The molecule has 0 amide bonds. The van der Waals surface area contributed by atoms with Crippen molar-refractivity contribution >= 4 is 31.0 Å². The number of hydrogen-bond acceptors (Lipinski definition) is 6. The zero-order valence-corrected chi connectivity index (χ0v) is 22.9. The summed E-state index contributed by atoms with van der Waals surface area (Å²) in [5.74, 6) is 0. The smallest absolute Gasteiger partial charge is 0.744 e. The van der Waals surface area contributed by atoms with Crippen molar-refractivity contribution in [1.82, 2.24) is 0 Å². The summed E-state index contributed by atoms with van der Waals surface area (Å²) in [7, 11) is -9.60. The Morgan fingerprint density at radius 3 is 1.83 bits per heavy atom. The van der Waals surface area contributed by atoms with Crippen molar-refractivity contribution in [3.05, 3.63) is 35.9 Å². The molecule has 29 heavy (non-hydrogen) atoms. The van der Waals surface area contributed by atoms with Gasteiger partial charge in [0.05, 0.1) is 9.79 Å². The van der Waals surface area contributed by atoms with Gasteiger partial charge in [-0.1, -0.05) is 57.6 Å². The van der Waals surface area contributed by atoms with Gasteiger partial charge in [-0.15, -0.1) is 0 Å². The molecule has 0 aliphatic heterocycles. The van der Waals surface area contributed by atoms with E-state index in [1.807, 2.05) is 0 Å². The Morgan fingerprint density at radius 1 is 0.724 bits per heavy atom. The summed E-state index contributed by atoms with van der Waals surface area (Å²) in [6, 6.07) is 6.53. The molecule has 0 heterocycles. The minimum absolute atomic E-state index is 0. The third-order valence-electron chi connectivity index (χ3n) is 4.59. The molecule has 0 unspecified atom stereocenters. The number of hydrogen-bond donors (Lipinski definition) is 0. The van der Waals surface area contributed by atoms with Crippen LogP contribution < -0.4 is 59.1 Å². The predicted molar refractivity (Wildman–Crippen MR) is 102 cm³/mol. The van der Waals surface area contributed by atoms with E-state index in [9.17, 15) is 25.9 Å². The van der Waals surface area contributed by atoms with E-state index in [-0.39, 0.29) is 69.9 Å². The molecule has 0 spiro atoms. The molecule has 150 valence electrons. The van der Waals surface area contributed by atoms with Gasteiger partial charge in [0, 0.05) is 10.8 Å². The molecule has 0 fully saturated rings. The second-order valence-electron chi connectivity index (χ2n) is 6.72. The first-order valence-electron chi connectivity index (χ1n) is 9.12. The van der Waals surface area contributed by atoms with Gasteiger partial charge < -0.3 is 9.11 Å². The quantitative estimate of drug-likeness (QED) is 0.230. The van der Waals surface area contributed by atoms with Gasteiger partial charge in [0.25, 0.3) is 0 Å². The summed E-state index contributed by atoms with van der Waals surface area (Å²) in [6.45, 7) is 2.15. The van der Waals surface area contributed by atoms with E-state index in [1.165, 1.54) is 43.5 Å². The third kappa shape index (κ3) is 8.88. The third-order valence-corrected chi connectivity index (χ3v) is 6.36. The zero-order valence-electron chi connectivity index (χ0n) is 17.3. The SMILES string of the molecule is CCCCCCCCCc1cc(S(=O)(=O)[O-])c2cccc(S(=O)(=O)[O-])c2c1.[Na+].[Na+]. The Morgan fingerprint density at radius 2 is 1.28 bits per heavy atom. The van der Waals surface area contributed by atoms with Crippen molar-refractivity contribution in [2.24, 2.45) is 0 Å². The van der Waals surface area contributed by atoms with E-state index < -0.39 is 30.0 Å². The summed E-state index contributed by atoms with van der Waals surface area (Å²) in [5.41, 5.74) is 0.543. The largest absolute Gasteiger partial charge is 1.00 e. The molecule has 2 aromatic carbocycles. The number of benzene rings is 2. The Balaban J connectivity index is 0.00000392. The summed E-state index contributed by atoms with van der Waals surface area (Å²) in [6.07, 6.45) is 8.06. The fraction of sp³-hybridized carbons (Fsp3) is 0.474. The van der Waals surface area contributed by atoms with E-state index in [1.54, 1.807) is 0 Å². The molecule has 2 rings (SSSR count). The predicted octanol–water partition coefficient (Wildman–Crippen LogP) is -2.05. The average molecular weight is 459 g/mol. The minimum atomic E-state index is -4.81. The maximum atomic E-state index is 11.7. The summed E-state index contributed by atoms with van der Waals surface area (Å²) in [5, 5.41) is -0.0485. The summed E-state index contributed by atoms with van der Waals surface area (Å²) >= 11 is 0. The number of unbranched alkanes of at least 4 members (excludes halogenated alkanes) is 6. The number of fused-ring (bicyclic) bond motifs is 1. The zero-order chi connectivity index (χ0) is 20.1. The Kier molecular flexibility index (Phi) is 13.4. The molecular formula is C19H24Na2O6S2. The molecule has 0 saturated carbocycles. The molecular weight excluding hydrogens is 434 g/mol. The van der Waals surface area contributed by atoms with Gasteiger partial charge in [-0.25, -0.2) is 16.8 Å². The molecule has 0 saturated heterocycles. The van der Waals surface area contributed by atoms with Gasteiger partial charge in [0.1, 0.15) is 20.2 Å². The fourth-order valence-corrected chi connectivity index (χ4v) is 4.66. The molecule has 0 aliphatic carbocycles. The Bertz CT molecular complexity index is 1000. The van der Waals surface area contributed by atoms with Crippen LogP contribution in [0.4, 0.5) is 0 Å². The fourth-order valence-electron chi connectivity index (χ4n) is 3.24. The Labute approximate surface area is 217 Å². The molecule has 2 aromatic rings. The maximum absolute atomic E-state index is 11.7. The first-order valence-corrected chi connectivity index (χ1v) is 11.9. The molecule has 6 nitrogen and oxygen atoms in total. The van der Waals surface area contributed by atoms with Crippen LogP contribution in [0.5, 0.6) is 0 Å². The number of aryl methyl sites for hydroxylation is 1. The molecule has 0 N–H and O–H groups in total. The van der Waals surface area contributed by atoms with Crippen molar-refractivity contribution in [3.8, 4) is 0 Å². The molecule has 0 aromatic heterocycles.